The maximum Gasteiger partial charge on any atom is 0.313 e. The molecule has 2 rings (SSSR count). The summed E-state index contributed by atoms with van der Waals surface area (Å²) in [6.07, 6.45) is 0. The Kier molecular flexibility index (Phi) is 4.99. The van der Waals surface area contributed by atoms with E-state index in [9.17, 15) is 9.90 Å². The summed E-state index contributed by atoms with van der Waals surface area (Å²) in [5, 5.41) is 26.8. The van der Waals surface area contributed by atoms with E-state index in [2.05, 4.69) is 10.2 Å². The number of hydrogen-bond donors (Lipinski definition) is 2. The number of aromatic nitrogens is 3. The molecule has 0 bridgehead atoms. The van der Waals surface area contributed by atoms with E-state index in [-0.39, 0.29) is 12.4 Å². The molecule has 0 aliphatic carbocycles. The van der Waals surface area contributed by atoms with Crippen LogP contribution in [0.4, 0.5) is 0 Å². The molecule has 0 spiro atoms. The molecule has 0 amide bonds. The summed E-state index contributed by atoms with van der Waals surface area (Å²) in [7, 11) is 0. The second-order valence-electron chi connectivity index (χ2n) is 3.92. The summed E-state index contributed by atoms with van der Waals surface area (Å²) >= 11 is 7.15. The number of aliphatic hydroxyl groups excluding tert-OH is 1. The molecule has 0 aliphatic heterocycles. The third-order valence-electron chi connectivity index (χ3n) is 2.55. The van der Waals surface area contributed by atoms with Gasteiger partial charge in [0, 0.05) is 5.02 Å². The first kappa shape index (κ1) is 14.8. The lowest BCUT2D eigenvalue weighted by atomic mass is 10.2. The van der Waals surface area contributed by atoms with E-state index < -0.39 is 5.97 Å². The van der Waals surface area contributed by atoms with Crippen LogP contribution in [0, 0.1) is 0 Å². The fraction of sp³-hybridized carbons (Fsp3) is 0.250. The highest BCUT2D eigenvalue weighted by Gasteiger charge is 2.14. The maximum absolute atomic E-state index is 10.6. The highest BCUT2D eigenvalue weighted by Crippen LogP contribution is 2.22. The van der Waals surface area contributed by atoms with Gasteiger partial charge in [-0.3, -0.25) is 9.36 Å². The predicted molar refractivity (Wildman–Crippen MR) is 74.9 cm³/mol. The van der Waals surface area contributed by atoms with Gasteiger partial charge in [0.15, 0.2) is 11.0 Å². The first-order valence-corrected chi connectivity index (χ1v) is 7.09. The van der Waals surface area contributed by atoms with Crippen molar-refractivity contribution in [2.24, 2.45) is 0 Å². The summed E-state index contributed by atoms with van der Waals surface area (Å²) in [5.74, 6) is -0.683. The van der Waals surface area contributed by atoms with Crippen molar-refractivity contribution in [2.75, 3.05) is 5.75 Å². The molecule has 0 radical (unpaired) electrons. The van der Waals surface area contributed by atoms with Gasteiger partial charge in [-0.25, -0.2) is 0 Å². The van der Waals surface area contributed by atoms with Crippen LogP contribution in [0.2, 0.25) is 5.02 Å². The van der Waals surface area contributed by atoms with Crippen molar-refractivity contribution in [1.82, 2.24) is 14.8 Å². The number of hydrogen-bond acceptors (Lipinski definition) is 5. The molecule has 6 nitrogen and oxygen atoms in total. The van der Waals surface area contributed by atoms with Crippen molar-refractivity contribution in [2.45, 2.75) is 18.3 Å². The summed E-state index contributed by atoms with van der Waals surface area (Å²) in [5.41, 5.74) is 0.848. The molecular formula is C12H12ClN3O3S. The standard InChI is InChI=1S/C12H12ClN3O3S/c13-9-4-2-1-3-8(9)5-16-10(6-17)14-15-12(16)20-7-11(18)19/h1-4,17H,5-7H2,(H,18,19). The summed E-state index contributed by atoms with van der Waals surface area (Å²) in [6.45, 7) is 0.107. The van der Waals surface area contributed by atoms with Crippen molar-refractivity contribution in [3.8, 4) is 0 Å². The van der Waals surface area contributed by atoms with E-state index in [1.165, 1.54) is 0 Å². The average Bonchev–Trinajstić information content (AvgIpc) is 2.81. The molecule has 1 aromatic carbocycles. The molecule has 0 aliphatic rings. The normalized spacial score (nSPS) is 10.7. The molecule has 1 aromatic heterocycles. The van der Waals surface area contributed by atoms with Crippen molar-refractivity contribution in [1.29, 1.82) is 0 Å². The lowest BCUT2D eigenvalue weighted by Crippen LogP contribution is -2.08. The maximum atomic E-state index is 10.6. The zero-order valence-electron chi connectivity index (χ0n) is 10.4. The molecule has 106 valence electrons. The second kappa shape index (κ2) is 6.74. The van der Waals surface area contributed by atoms with Crippen LogP contribution in [0.15, 0.2) is 29.4 Å². The number of nitrogens with zero attached hydrogens (tertiary/aromatic N) is 3. The SMILES string of the molecule is O=C(O)CSc1nnc(CO)n1Cc1ccccc1Cl. The Morgan fingerprint density at radius 3 is 2.75 bits per heavy atom. The van der Waals surface area contributed by atoms with E-state index in [1.54, 1.807) is 10.6 Å². The minimum absolute atomic E-state index is 0.119. The topological polar surface area (TPSA) is 88.2 Å². The number of carboxylic acids is 1. The molecule has 0 atom stereocenters. The predicted octanol–water partition coefficient (Wildman–Crippen LogP) is 1.65. The zero-order chi connectivity index (χ0) is 14.5. The molecule has 0 saturated heterocycles. The number of carbonyl (C=O) groups is 1. The number of thioether (sulfide) groups is 1. The van der Waals surface area contributed by atoms with Crippen LogP contribution in [-0.4, -0.2) is 36.7 Å². The van der Waals surface area contributed by atoms with Crippen molar-refractivity contribution in [3.05, 3.63) is 40.7 Å². The van der Waals surface area contributed by atoms with Gasteiger partial charge in [-0.05, 0) is 11.6 Å². The fourth-order valence-corrected chi connectivity index (χ4v) is 2.50. The van der Waals surface area contributed by atoms with E-state index in [0.717, 1.165) is 17.3 Å². The Balaban J connectivity index is 2.27. The monoisotopic (exact) mass is 313 g/mol. The van der Waals surface area contributed by atoms with Crippen molar-refractivity contribution >= 4 is 29.3 Å². The molecule has 20 heavy (non-hydrogen) atoms. The Labute approximate surface area is 124 Å². The minimum atomic E-state index is -0.937. The van der Waals surface area contributed by atoms with E-state index in [4.69, 9.17) is 16.7 Å². The van der Waals surface area contributed by atoms with Gasteiger partial charge < -0.3 is 10.2 Å². The van der Waals surface area contributed by atoms with Gasteiger partial charge in [-0.15, -0.1) is 10.2 Å². The van der Waals surface area contributed by atoms with Crippen LogP contribution >= 0.6 is 23.4 Å². The molecule has 0 unspecified atom stereocenters. The van der Waals surface area contributed by atoms with Gasteiger partial charge in [-0.1, -0.05) is 41.6 Å². The van der Waals surface area contributed by atoms with Crippen LogP contribution in [0.5, 0.6) is 0 Å². The third kappa shape index (κ3) is 3.50. The summed E-state index contributed by atoms with van der Waals surface area (Å²) in [4.78, 5) is 10.6. The lowest BCUT2D eigenvalue weighted by molar-refractivity contribution is -0.133. The molecule has 0 fully saturated rings. The Hall–Kier alpha value is -1.57. The quantitative estimate of drug-likeness (QED) is 0.788. The fourth-order valence-electron chi connectivity index (χ4n) is 1.62. The smallest absolute Gasteiger partial charge is 0.313 e. The molecule has 2 aromatic rings. The second-order valence-corrected chi connectivity index (χ2v) is 5.27. The van der Waals surface area contributed by atoms with Gasteiger partial charge >= 0.3 is 5.97 Å². The highest BCUT2D eigenvalue weighted by molar-refractivity contribution is 7.99. The van der Waals surface area contributed by atoms with Crippen LogP contribution < -0.4 is 0 Å². The van der Waals surface area contributed by atoms with Crippen LogP contribution in [0.3, 0.4) is 0 Å². The molecular weight excluding hydrogens is 302 g/mol. The minimum Gasteiger partial charge on any atom is -0.481 e. The zero-order valence-corrected chi connectivity index (χ0v) is 11.9. The molecule has 0 saturated carbocycles. The number of halogens is 1. The lowest BCUT2D eigenvalue weighted by Gasteiger charge is -2.09. The number of carboxylic acid groups (broad SMARTS) is 1. The van der Waals surface area contributed by atoms with Gasteiger partial charge in [0.2, 0.25) is 0 Å². The number of benzene rings is 1. The number of aliphatic carboxylic acids is 1. The largest absolute Gasteiger partial charge is 0.481 e. The third-order valence-corrected chi connectivity index (χ3v) is 3.87. The van der Waals surface area contributed by atoms with Crippen molar-refractivity contribution < 1.29 is 15.0 Å². The van der Waals surface area contributed by atoms with Gasteiger partial charge in [0.1, 0.15) is 6.61 Å². The van der Waals surface area contributed by atoms with E-state index in [1.807, 2.05) is 18.2 Å². The van der Waals surface area contributed by atoms with Gasteiger partial charge in [0.05, 0.1) is 12.3 Å². The van der Waals surface area contributed by atoms with E-state index in [0.29, 0.717) is 22.5 Å². The first-order valence-electron chi connectivity index (χ1n) is 5.72. The molecule has 8 heteroatoms. The van der Waals surface area contributed by atoms with Crippen LogP contribution in [0.1, 0.15) is 11.4 Å². The van der Waals surface area contributed by atoms with E-state index >= 15 is 0 Å². The van der Waals surface area contributed by atoms with Crippen LogP contribution in [-0.2, 0) is 17.9 Å². The number of rotatable bonds is 6. The molecule has 1 heterocycles. The van der Waals surface area contributed by atoms with Crippen LogP contribution in [0.25, 0.3) is 0 Å². The highest BCUT2D eigenvalue weighted by atomic mass is 35.5. The van der Waals surface area contributed by atoms with Gasteiger partial charge in [-0.2, -0.15) is 0 Å². The average molecular weight is 314 g/mol. The summed E-state index contributed by atoms with van der Waals surface area (Å²) in [6, 6.07) is 7.30. The first-order chi connectivity index (χ1) is 9.61. The van der Waals surface area contributed by atoms with Gasteiger partial charge in [0.25, 0.3) is 0 Å². The Morgan fingerprint density at radius 2 is 2.10 bits per heavy atom. The summed E-state index contributed by atoms with van der Waals surface area (Å²) < 4.78 is 1.66. The Morgan fingerprint density at radius 1 is 1.35 bits per heavy atom. The van der Waals surface area contributed by atoms with Crippen molar-refractivity contribution in [3.63, 3.8) is 0 Å². The number of aliphatic hydroxyl groups is 1. The molecule has 2 N–H and O–H groups in total. The Bertz CT molecular complexity index is 618.